The lowest BCUT2D eigenvalue weighted by Crippen LogP contribution is -2.12. The molecule has 0 saturated carbocycles. The van der Waals surface area contributed by atoms with Crippen molar-refractivity contribution < 1.29 is 9.18 Å². The van der Waals surface area contributed by atoms with E-state index in [0.29, 0.717) is 22.5 Å². The number of benzene rings is 1. The van der Waals surface area contributed by atoms with Crippen LogP contribution in [0.3, 0.4) is 0 Å². The second-order valence-corrected chi connectivity index (χ2v) is 6.28. The number of hydrogen-bond donors (Lipinski definition) is 2. The van der Waals surface area contributed by atoms with Crippen molar-refractivity contribution in [2.24, 2.45) is 0 Å². The first kappa shape index (κ1) is 17.2. The Morgan fingerprint density at radius 2 is 2.00 bits per heavy atom. The minimum atomic E-state index is -0.316. The smallest absolute Gasteiger partial charge is 0.241 e. The molecule has 3 rings (SSSR count). The number of aryl methyl sites for hydroxylation is 1. The van der Waals surface area contributed by atoms with Crippen molar-refractivity contribution in [3.05, 3.63) is 48.0 Å². The van der Waals surface area contributed by atoms with E-state index in [-0.39, 0.29) is 17.6 Å². The molecule has 2 aromatic heterocycles. The van der Waals surface area contributed by atoms with Gasteiger partial charge in [-0.25, -0.2) is 19.3 Å². The van der Waals surface area contributed by atoms with Gasteiger partial charge in [0.15, 0.2) is 5.13 Å². The molecule has 2 N–H and O–H groups in total. The Kier molecular flexibility index (Phi) is 5.20. The third kappa shape index (κ3) is 4.28. The molecule has 0 unspecified atom stereocenters. The molecule has 9 heteroatoms. The van der Waals surface area contributed by atoms with E-state index in [1.807, 2.05) is 6.92 Å². The zero-order chi connectivity index (χ0) is 17.8. The molecule has 3 aromatic rings. The minimum absolute atomic E-state index is 0.132. The lowest BCUT2D eigenvalue weighted by Gasteiger charge is -2.06. The zero-order valence-corrected chi connectivity index (χ0v) is 14.7. The molecule has 0 atom stereocenters. The number of rotatable bonds is 5. The summed E-state index contributed by atoms with van der Waals surface area (Å²) in [5.41, 5.74) is 2.08. The molecule has 0 aliphatic heterocycles. The standard InChI is InChI=1S/C16H13ClFN5OS/c1-9-14(25-16(20-9)23-13(24)8-17)12-6-7-19-15(22-12)21-11-4-2-10(18)3-5-11/h2-7H,8H2,1H3,(H,19,21,22)(H,20,23,24). The third-order valence-corrected chi connectivity index (χ3v) is 4.49. The van der Waals surface area contributed by atoms with Gasteiger partial charge in [-0.1, -0.05) is 11.3 Å². The summed E-state index contributed by atoms with van der Waals surface area (Å²) in [6.07, 6.45) is 1.62. The van der Waals surface area contributed by atoms with Gasteiger partial charge in [0.25, 0.3) is 0 Å². The number of amides is 1. The lowest BCUT2D eigenvalue weighted by molar-refractivity contribution is -0.113. The summed E-state index contributed by atoms with van der Waals surface area (Å²) in [6, 6.07) is 7.66. The van der Waals surface area contributed by atoms with Gasteiger partial charge in [0, 0.05) is 11.9 Å². The van der Waals surface area contributed by atoms with Gasteiger partial charge in [-0.05, 0) is 37.3 Å². The molecule has 0 aliphatic rings. The van der Waals surface area contributed by atoms with Crippen LogP contribution in [-0.4, -0.2) is 26.7 Å². The number of anilines is 3. The average Bonchev–Trinajstić information content (AvgIpc) is 2.97. The number of aromatic nitrogens is 3. The lowest BCUT2D eigenvalue weighted by atomic mass is 10.3. The van der Waals surface area contributed by atoms with Crippen molar-refractivity contribution in [2.45, 2.75) is 6.92 Å². The summed E-state index contributed by atoms with van der Waals surface area (Å²) in [5.74, 6) is -0.383. The highest BCUT2D eigenvalue weighted by Gasteiger charge is 2.13. The molecule has 0 bridgehead atoms. The fourth-order valence-corrected chi connectivity index (χ4v) is 3.07. The van der Waals surface area contributed by atoms with Crippen LogP contribution < -0.4 is 10.6 Å². The molecule has 0 spiro atoms. The quantitative estimate of drug-likeness (QED) is 0.658. The normalized spacial score (nSPS) is 10.5. The Bertz CT molecular complexity index is 900. The molecule has 1 amide bonds. The summed E-state index contributed by atoms with van der Waals surface area (Å²) in [7, 11) is 0. The van der Waals surface area contributed by atoms with Crippen LogP contribution in [0.1, 0.15) is 5.69 Å². The van der Waals surface area contributed by atoms with Gasteiger partial charge in [-0.15, -0.1) is 11.6 Å². The van der Waals surface area contributed by atoms with Crippen LogP contribution in [0.5, 0.6) is 0 Å². The number of hydrogen-bond acceptors (Lipinski definition) is 6. The molecule has 25 heavy (non-hydrogen) atoms. The zero-order valence-electron chi connectivity index (χ0n) is 13.1. The van der Waals surface area contributed by atoms with Crippen LogP contribution in [-0.2, 0) is 4.79 Å². The maximum Gasteiger partial charge on any atom is 0.241 e. The van der Waals surface area contributed by atoms with Crippen LogP contribution in [0.25, 0.3) is 10.6 Å². The highest BCUT2D eigenvalue weighted by molar-refractivity contribution is 7.19. The Morgan fingerprint density at radius 1 is 1.24 bits per heavy atom. The van der Waals surface area contributed by atoms with Gasteiger partial charge >= 0.3 is 0 Å². The van der Waals surface area contributed by atoms with E-state index in [1.54, 1.807) is 24.4 Å². The summed E-state index contributed by atoms with van der Waals surface area (Å²) in [6.45, 7) is 1.83. The number of nitrogens with one attached hydrogen (secondary N) is 2. The molecule has 1 aromatic carbocycles. The molecule has 128 valence electrons. The largest absolute Gasteiger partial charge is 0.324 e. The van der Waals surface area contributed by atoms with E-state index in [2.05, 4.69) is 25.6 Å². The second kappa shape index (κ2) is 7.54. The first-order valence-corrected chi connectivity index (χ1v) is 8.59. The SMILES string of the molecule is Cc1nc(NC(=O)CCl)sc1-c1ccnc(Nc2ccc(F)cc2)n1. The van der Waals surface area contributed by atoms with Gasteiger partial charge in [-0.2, -0.15) is 0 Å². The van der Waals surface area contributed by atoms with E-state index >= 15 is 0 Å². The van der Waals surface area contributed by atoms with Gasteiger partial charge < -0.3 is 10.6 Å². The second-order valence-electron chi connectivity index (χ2n) is 5.01. The molecule has 0 radical (unpaired) electrons. The first-order valence-electron chi connectivity index (χ1n) is 7.24. The summed E-state index contributed by atoms with van der Waals surface area (Å²) >= 11 is 6.79. The van der Waals surface area contributed by atoms with E-state index < -0.39 is 0 Å². The van der Waals surface area contributed by atoms with Crippen molar-refractivity contribution in [3.63, 3.8) is 0 Å². The summed E-state index contributed by atoms with van der Waals surface area (Å²) in [5, 5.41) is 6.10. The van der Waals surface area contributed by atoms with Crippen LogP contribution in [0, 0.1) is 12.7 Å². The Hall–Kier alpha value is -2.58. The predicted molar refractivity (Wildman–Crippen MR) is 96.9 cm³/mol. The minimum Gasteiger partial charge on any atom is -0.324 e. The maximum atomic E-state index is 13.0. The highest BCUT2D eigenvalue weighted by Crippen LogP contribution is 2.32. The van der Waals surface area contributed by atoms with E-state index in [9.17, 15) is 9.18 Å². The van der Waals surface area contributed by atoms with Gasteiger partial charge in [0.2, 0.25) is 11.9 Å². The molecule has 0 saturated heterocycles. The molecule has 2 heterocycles. The highest BCUT2D eigenvalue weighted by atomic mass is 35.5. The van der Waals surface area contributed by atoms with Crippen LogP contribution in [0.2, 0.25) is 0 Å². The summed E-state index contributed by atoms with van der Waals surface area (Å²) < 4.78 is 13.0. The number of nitrogens with zero attached hydrogens (tertiary/aromatic N) is 3. The van der Waals surface area contributed by atoms with Crippen molar-refractivity contribution >= 4 is 45.6 Å². The molecule has 6 nitrogen and oxygen atoms in total. The average molecular weight is 378 g/mol. The molecule has 0 aliphatic carbocycles. The summed E-state index contributed by atoms with van der Waals surface area (Å²) in [4.78, 5) is 25.1. The van der Waals surface area contributed by atoms with Crippen molar-refractivity contribution in [3.8, 4) is 10.6 Å². The fraction of sp³-hybridized carbons (Fsp3) is 0.125. The van der Waals surface area contributed by atoms with E-state index in [4.69, 9.17) is 11.6 Å². The van der Waals surface area contributed by atoms with E-state index in [0.717, 1.165) is 10.6 Å². The monoisotopic (exact) mass is 377 g/mol. The maximum absolute atomic E-state index is 13.0. The fourth-order valence-electron chi connectivity index (χ4n) is 2.05. The van der Waals surface area contributed by atoms with Gasteiger partial charge in [0.1, 0.15) is 11.7 Å². The number of alkyl halides is 1. The number of halogens is 2. The Morgan fingerprint density at radius 3 is 2.72 bits per heavy atom. The Labute approximate surface area is 152 Å². The number of carbonyl (C=O) groups excluding carboxylic acids is 1. The van der Waals surface area contributed by atoms with Crippen molar-refractivity contribution in [2.75, 3.05) is 16.5 Å². The van der Waals surface area contributed by atoms with Crippen LogP contribution in [0.4, 0.5) is 21.2 Å². The Balaban J connectivity index is 1.83. The number of carbonyl (C=O) groups is 1. The van der Waals surface area contributed by atoms with Crippen LogP contribution in [0.15, 0.2) is 36.5 Å². The topological polar surface area (TPSA) is 79.8 Å². The number of thiazole rings is 1. The predicted octanol–water partition coefficient (Wildman–Crippen LogP) is 3.97. The van der Waals surface area contributed by atoms with Gasteiger partial charge in [-0.3, -0.25) is 4.79 Å². The van der Waals surface area contributed by atoms with Crippen molar-refractivity contribution in [1.29, 1.82) is 0 Å². The van der Waals surface area contributed by atoms with E-state index in [1.165, 1.54) is 23.5 Å². The van der Waals surface area contributed by atoms with Crippen molar-refractivity contribution in [1.82, 2.24) is 15.0 Å². The first-order chi connectivity index (χ1) is 12.0. The molecular formula is C16H13ClFN5OS. The third-order valence-electron chi connectivity index (χ3n) is 3.15. The molecule has 0 fully saturated rings. The molecular weight excluding hydrogens is 365 g/mol. The van der Waals surface area contributed by atoms with Gasteiger partial charge in [0.05, 0.1) is 16.3 Å². The van der Waals surface area contributed by atoms with Crippen LogP contribution >= 0.6 is 22.9 Å².